The van der Waals surface area contributed by atoms with E-state index in [0.29, 0.717) is 41.1 Å². The van der Waals surface area contributed by atoms with E-state index in [9.17, 15) is 4.79 Å². The van der Waals surface area contributed by atoms with Crippen molar-refractivity contribution in [3.05, 3.63) is 35.0 Å². The molecule has 2 aromatic heterocycles. The van der Waals surface area contributed by atoms with Crippen LogP contribution in [0.5, 0.6) is 11.5 Å². The molecule has 0 atom stereocenters. The molecule has 30 heavy (non-hydrogen) atoms. The Labute approximate surface area is 179 Å². The summed E-state index contributed by atoms with van der Waals surface area (Å²) in [7, 11) is 1.79. The van der Waals surface area contributed by atoms with E-state index in [1.807, 2.05) is 18.2 Å². The Kier molecular flexibility index (Phi) is 6.27. The predicted octanol–water partition coefficient (Wildman–Crippen LogP) is 4.08. The van der Waals surface area contributed by atoms with Gasteiger partial charge in [-0.05, 0) is 24.6 Å². The zero-order valence-corrected chi connectivity index (χ0v) is 18.0. The Morgan fingerprint density at radius 1 is 1.20 bits per heavy atom. The number of amides is 1. The van der Waals surface area contributed by atoms with Crippen LogP contribution in [0.3, 0.4) is 0 Å². The molecule has 3 aromatic rings. The number of benzene rings is 1. The number of rotatable bonds is 7. The lowest BCUT2D eigenvalue weighted by Crippen LogP contribution is -2.12. The summed E-state index contributed by atoms with van der Waals surface area (Å²) < 4.78 is 13.1. The van der Waals surface area contributed by atoms with Gasteiger partial charge in [0.1, 0.15) is 10.7 Å². The van der Waals surface area contributed by atoms with Crippen molar-refractivity contribution in [1.82, 2.24) is 20.0 Å². The molecule has 0 unspecified atom stereocenters. The Balaban J connectivity index is 1.53. The zero-order chi connectivity index (χ0) is 20.9. The summed E-state index contributed by atoms with van der Waals surface area (Å²) in [6.07, 6.45) is 6.83. The van der Waals surface area contributed by atoms with Gasteiger partial charge in [-0.3, -0.25) is 14.8 Å². The second-order valence-electron chi connectivity index (χ2n) is 7.19. The molecule has 1 N–H and O–H groups in total. The van der Waals surface area contributed by atoms with E-state index in [2.05, 4.69) is 27.5 Å². The molecule has 1 aromatic carbocycles. The van der Waals surface area contributed by atoms with Gasteiger partial charge in [-0.15, -0.1) is 10.2 Å². The van der Waals surface area contributed by atoms with Gasteiger partial charge in [0.15, 0.2) is 11.5 Å². The van der Waals surface area contributed by atoms with E-state index in [1.165, 1.54) is 11.3 Å². The molecular formula is C21H25N5O3S. The number of nitrogens with one attached hydrogen (secondary N) is 1. The first-order valence-corrected chi connectivity index (χ1v) is 11.0. The first-order chi connectivity index (χ1) is 14.6. The van der Waals surface area contributed by atoms with E-state index in [-0.39, 0.29) is 5.91 Å². The standard InChI is InChI=1S/C21H25N5O3S/c1-3-4-5-7-18-23-24-21(30-18)22-20(27)15-13-26(2)25-19(15)14-8-9-16-17(12-14)29-11-6-10-28-16/h8-9,12-13H,3-7,10-11H2,1-2H3,(H,22,24,27). The maximum atomic E-state index is 13.0. The van der Waals surface area contributed by atoms with Gasteiger partial charge in [-0.1, -0.05) is 31.1 Å². The first kappa shape index (κ1) is 20.3. The first-order valence-electron chi connectivity index (χ1n) is 10.2. The topological polar surface area (TPSA) is 91.2 Å². The van der Waals surface area contributed by atoms with Crippen LogP contribution in [0.25, 0.3) is 11.3 Å². The Morgan fingerprint density at radius 3 is 2.87 bits per heavy atom. The molecule has 158 valence electrons. The quantitative estimate of drug-likeness (QED) is 0.571. The highest BCUT2D eigenvalue weighted by atomic mass is 32.1. The van der Waals surface area contributed by atoms with Gasteiger partial charge in [-0.2, -0.15) is 5.10 Å². The monoisotopic (exact) mass is 427 g/mol. The third-order valence-corrected chi connectivity index (χ3v) is 5.67. The molecule has 0 bridgehead atoms. The number of hydrogen-bond acceptors (Lipinski definition) is 7. The highest BCUT2D eigenvalue weighted by Crippen LogP contribution is 2.35. The summed E-state index contributed by atoms with van der Waals surface area (Å²) in [4.78, 5) is 13.0. The van der Waals surface area contributed by atoms with Crippen molar-refractivity contribution in [2.24, 2.45) is 7.05 Å². The van der Waals surface area contributed by atoms with E-state index in [4.69, 9.17) is 9.47 Å². The predicted molar refractivity (Wildman–Crippen MR) is 115 cm³/mol. The number of aryl methyl sites for hydroxylation is 2. The Bertz CT molecular complexity index is 1030. The molecule has 1 aliphatic rings. The van der Waals surface area contributed by atoms with Crippen molar-refractivity contribution in [3.8, 4) is 22.8 Å². The number of carbonyl (C=O) groups excluding carboxylic acids is 1. The zero-order valence-electron chi connectivity index (χ0n) is 17.2. The summed E-state index contributed by atoms with van der Waals surface area (Å²) in [5.41, 5.74) is 1.84. The second kappa shape index (κ2) is 9.25. The fourth-order valence-electron chi connectivity index (χ4n) is 3.27. The molecule has 9 heteroatoms. The van der Waals surface area contributed by atoms with Crippen molar-refractivity contribution in [2.75, 3.05) is 18.5 Å². The molecule has 1 amide bonds. The minimum atomic E-state index is -0.263. The number of unbranched alkanes of at least 4 members (excludes halogenated alkanes) is 2. The van der Waals surface area contributed by atoms with E-state index in [0.717, 1.165) is 42.7 Å². The van der Waals surface area contributed by atoms with Crippen LogP contribution in [-0.2, 0) is 13.5 Å². The Hall–Kier alpha value is -2.94. The molecule has 8 nitrogen and oxygen atoms in total. The maximum Gasteiger partial charge on any atom is 0.261 e. The van der Waals surface area contributed by atoms with Crippen molar-refractivity contribution in [2.45, 2.75) is 39.0 Å². The molecule has 3 heterocycles. The average Bonchev–Trinajstić information content (AvgIpc) is 3.27. The summed E-state index contributed by atoms with van der Waals surface area (Å²) in [6.45, 7) is 3.40. The number of carbonyl (C=O) groups is 1. The molecule has 0 saturated carbocycles. The van der Waals surface area contributed by atoms with Crippen LogP contribution in [0.1, 0.15) is 48.0 Å². The van der Waals surface area contributed by atoms with Crippen LogP contribution in [0.2, 0.25) is 0 Å². The van der Waals surface area contributed by atoms with Crippen LogP contribution >= 0.6 is 11.3 Å². The van der Waals surface area contributed by atoms with Crippen LogP contribution in [0.15, 0.2) is 24.4 Å². The fourth-order valence-corrected chi connectivity index (χ4v) is 4.05. The van der Waals surface area contributed by atoms with Crippen molar-refractivity contribution >= 4 is 22.4 Å². The number of nitrogens with zero attached hydrogens (tertiary/aromatic N) is 4. The van der Waals surface area contributed by atoms with Gasteiger partial charge in [0, 0.05) is 31.6 Å². The van der Waals surface area contributed by atoms with Gasteiger partial charge in [0.05, 0.1) is 18.8 Å². The SMILES string of the molecule is CCCCCc1nnc(NC(=O)c2cn(C)nc2-c2ccc3c(c2)OCCCO3)s1. The molecule has 4 rings (SSSR count). The average molecular weight is 428 g/mol. The molecular weight excluding hydrogens is 402 g/mol. The molecule has 0 spiro atoms. The smallest absolute Gasteiger partial charge is 0.261 e. The molecule has 0 radical (unpaired) electrons. The fraction of sp³-hybridized carbons (Fsp3) is 0.429. The van der Waals surface area contributed by atoms with Gasteiger partial charge >= 0.3 is 0 Å². The van der Waals surface area contributed by atoms with Crippen LogP contribution in [-0.4, -0.2) is 39.1 Å². The number of fused-ring (bicyclic) bond motifs is 1. The van der Waals surface area contributed by atoms with Crippen molar-refractivity contribution < 1.29 is 14.3 Å². The highest BCUT2D eigenvalue weighted by molar-refractivity contribution is 7.15. The third-order valence-electron chi connectivity index (χ3n) is 4.78. The maximum absolute atomic E-state index is 13.0. The van der Waals surface area contributed by atoms with Crippen LogP contribution < -0.4 is 14.8 Å². The molecule has 0 fully saturated rings. The number of ether oxygens (including phenoxy) is 2. The van der Waals surface area contributed by atoms with E-state index < -0.39 is 0 Å². The molecule has 0 aliphatic carbocycles. The number of anilines is 1. The number of aromatic nitrogens is 4. The lowest BCUT2D eigenvalue weighted by atomic mass is 10.1. The van der Waals surface area contributed by atoms with Gasteiger partial charge in [-0.25, -0.2) is 0 Å². The lowest BCUT2D eigenvalue weighted by Gasteiger charge is -2.09. The van der Waals surface area contributed by atoms with Crippen molar-refractivity contribution in [1.29, 1.82) is 0 Å². The molecule has 0 saturated heterocycles. The lowest BCUT2D eigenvalue weighted by molar-refractivity contribution is 0.102. The largest absolute Gasteiger partial charge is 0.490 e. The second-order valence-corrected chi connectivity index (χ2v) is 8.25. The van der Waals surface area contributed by atoms with E-state index >= 15 is 0 Å². The van der Waals surface area contributed by atoms with Gasteiger partial charge in [0.25, 0.3) is 5.91 Å². The number of hydrogen-bond donors (Lipinski definition) is 1. The third kappa shape index (κ3) is 4.62. The Morgan fingerprint density at radius 2 is 2.03 bits per heavy atom. The normalized spacial score (nSPS) is 13.1. The molecule has 1 aliphatic heterocycles. The highest BCUT2D eigenvalue weighted by Gasteiger charge is 2.21. The summed E-state index contributed by atoms with van der Waals surface area (Å²) >= 11 is 1.42. The van der Waals surface area contributed by atoms with Gasteiger partial charge < -0.3 is 9.47 Å². The van der Waals surface area contributed by atoms with Crippen LogP contribution in [0.4, 0.5) is 5.13 Å². The summed E-state index contributed by atoms with van der Waals surface area (Å²) in [5, 5.41) is 17.1. The van der Waals surface area contributed by atoms with Crippen molar-refractivity contribution in [3.63, 3.8) is 0 Å². The summed E-state index contributed by atoms with van der Waals surface area (Å²) in [6, 6.07) is 5.62. The van der Waals surface area contributed by atoms with Crippen LogP contribution in [0, 0.1) is 0 Å². The van der Waals surface area contributed by atoms with E-state index in [1.54, 1.807) is 17.9 Å². The minimum absolute atomic E-state index is 0.263. The minimum Gasteiger partial charge on any atom is -0.490 e. The summed E-state index contributed by atoms with van der Waals surface area (Å²) in [5.74, 6) is 1.12. The van der Waals surface area contributed by atoms with Gasteiger partial charge in [0.2, 0.25) is 5.13 Å².